The molecule has 4 nitrogen and oxygen atoms in total. The van der Waals surface area contributed by atoms with Crippen LogP contribution in [0.5, 0.6) is 0 Å². The van der Waals surface area contributed by atoms with E-state index >= 15 is 0 Å². The van der Waals surface area contributed by atoms with Gasteiger partial charge in [-0.15, -0.1) is 0 Å². The van der Waals surface area contributed by atoms with Crippen molar-refractivity contribution in [3.8, 4) is 0 Å². The van der Waals surface area contributed by atoms with Crippen LogP contribution in [0.4, 0.5) is 0 Å². The van der Waals surface area contributed by atoms with Gasteiger partial charge in [-0.3, -0.25) is 4.79 Å². The highest BCUT2D eigenvalue weighted by Crippen LogP contribution is 2.48. The number of benzene rings is 1. The maximum absolute atomic E-state index is 12.5. The molecule has 5 heteroatoms. The molecule has 0 spiro atoms. The average molecular weight is 338 g/mol. The van der Waals surface area contributed by atoms with Gasteiger partial charge in [0.1, 0.15) is 6.34 Å². The first-order valence-electron chi connectivity index (χ1n) is 6.70. The normalized spacial score (nSPS) is 25.3. The lowest BCUT2D eigenvalue weighted by molar-refractivity contribution is -0.131. The second-order valence-electron chi connectivity index (χ2n) is 5.75. The third-order valence-corrected chi connectivity index (χ3v) is 4.15. The fourth-order valence-corrected chi connectivity index (χ4v) is 3.18. The van der Waals surface area contributed by atoms with E-state index in [1.165, 1.54) is 0 Å². The molecular formula is C15H20BrN3O. The van der Waals surface area contributed by atoms with Gasteiger partial charge < -0.3 is 4.90 Å². The van der Waals surface area contributed by atoms with Gasteiger partial charge in [-0.2, -0.15) is 5.10 Å². The van der Waals surface area contributed by atoms with Crippen LogP contribution in [0.25, 0.3) is 0 Å². The molecule has 0 heterocycles. The number of nitrogens with one attached hydrogen (secondary N) is 1. The summed E-state index contributed by atoms with van der Waals surface area (Å²) >= 11 is 3.48. The van der Waals surface area contributed by atoms with Crippen molar-refractivity contribution >= 4 is 28.2 Å². The Morgan fingerprint density at radius 3 is 2.75 bits per heavy atom. The molecule has 20 heavy (non-hydrogen) atoms. The van der Waals surface area contributed by atoms with Crippen molar-refractivity contribution in [3.63, 3.8) is 0 Å². The molecule has 0 bridgehead atoms. The molecule has 2 rings (SSSR count). The van der Waals surface area contributed by atoms with Gasteiger partial charge in [0.05, 0.1) is 5.41 Å². The molecule has 0 atom stereocenters. The summed E-state index contributed by atoms with van der Waals surface area (Å²) in [5.41, 5.74) is 3.29. The molecule has 0 unspecified atom stereocenters. The summed E-state index contributed by atoms with van der Waals surface area (Å²) in [6.45, 7) is 2.17. The van der Waals surface area contributed by atoms with E-state index in [0.29, 0.717) is 5.92 Å². The molecule has 1 fully saturated rings. The zero-order valence-corrected chi connectivity index (χ0v) is 13.6. The largest absolute Gasteiger partial charge is 0.367 e. The summed E-state index contributed by atoms with van der Waals surface area (Å²) in [5, 5.41) is 3.98. The zero-order valence-electron chi connectivity index (χ0n) is 12.1. The molecule has 0 aliphatic heterocycles. The quantitative estimate of drug-likeness (QED) is 0.521. The molecule has 108 valence electrons. The molecule has 1 saturated carbocycles. The van der Waals surface area contributed by atoms with Crippen molar-refractivity contribution < 1.29 is 4.79 Å². The Balaban J connectivity index is 2.20. The van der Waals surface area contributed by atoms with E-state index in [4.69, 9.17) is 0 Å². The van der Waals surface area contributed by atoms with Gasteiger partial charge in [-0.1, -0.05) is 35.0 Å². The molecule has 1 N–H and O–H groups in total. The maximum Gasteiger partial charge on any atom is 0.250 e. The Morgan fingerprint density at radius 1 is 1.50 bits per heavy atom. The third kappa shape index (κ3) is 3.03. The summed E-state index contributed by atoms with van der Waals surface area (Å²) in [5.74, 6) is 0.546. The number of carbonyl (C=O) groups is 1. The van der Waals surface area contributed by atoms with E-state index in [1.807, 2.05) is 38.4 Å². The third-order valence-electron chi connectivity index (χ3n) is 3.66. The Labute approximate surface area is 128 Å². The van der Waals surface area contributed by atoms with Crippen molar-refractivity contribution in [1.29, 1.82) is 0 Å². The number of hydrogen-bond acceptors (Lipinski definition) is 2. The van der Waals surface area contributed by atoms with E-state index in [1.54, 1.807) is 11.2 Å². The zero-order chi connectivity index (χ0) is 14.8. The highest BCUT2D eigenvalue weighted by atomic mass is 79.9. The Hall–Kier alpha value is -1.36. The SMILES string of the molecule is CC1CC(C(=O)N/N=C/N(C)C)(c2cccc(Br)c2)C1. The molecule has 1 amide bonds. The maximum atomic E-state index is 12.5. The second kappa shape index (κ2) is 5.95. The van der Waals surface area contributed by atoms with Crippen LogP contribution in [-0.4, -0.2) is 31.2 Å². The standard InChI is InChI=1S/C15H20BrN3O/c1-11-8-15(9-11,12-5-4-6-13(16)7-12)14(20)18-17-10-19(2)3/h4-7,10-11H,8-9H2,1-3H3,(H,18,20)/b17-10+. The molecule has 0 aromatic heterocycles. The number of amides is 1. The van der Waals surface area contributed by atoms with Crippen LogP contribution in [0.3, 0.4) is 0 Å². The minimum Gasteiger partial charge on any atom is -0.367 e. The van der Waals surface area contributed by atoms with E-state index in [-0.39, 0.29) is 5.91 Å². The summed E-state index contributed by atoms with van der Waals surface area (Å²) in [7, 11) is 3.73. The fraction of sp³-hybridized carbons (Fsp3) is 0.467. The summed E-state index contributed by atoms with van der Waals surface area (Å²) in [6, 6.07) is 7.99. The first kappa shape index (κ1) is 15.0. The van der Waals surface area contributed by atoms with Gasteiger partial charge in [-0.05, 0) is 36.5 Å². The van der Waals surface area contributed by atoms with Crippen LogP contribution in [0.2, 0.25) is 0 Å². The Morgan fingerprint density at radius 2 is 2.20 bits per heavy atom. The predicted molar refractivity (Wildman–Crippen MR) is 84.5 cm³/mol. The van der Waals surface area contributed by atoms with Crippen LogP contribution in [0, 0.1) is 5.92 Å². The molecule has 1 aromatic carbocycles. The molecule has 0 radical (unpaired) electrons. The summed E-state index contributed by atoms with van der Waals surface area (Å²) in [4.78, 5) is 14.3. The minimum atomic E-state index is -0.438. The topological polar surface area (TPSA) is 44.7 Å². The number of hydrogen-bond donors (Lipinski definition) is 1. The van der Waals surface area contributed by atoms with Gasteiger partial charge in [0.2, 0.25) is 0 Å². The van der Waals surface area contributed by atoms with Gasteiger partial charge >= 0.3 is 0 Å². The fourth-order valence-electron chi connectivity index (χ4n) is 2.78. The highest BCUT2D eigenvalue weighted by Gasteiger charge is 2.49. The summed E-state index contributed by atoms with van der Waals surface area (Å²) < 4.78 is 0.999. The van der Waals surface area contributed by atoms with Crippen molar-refractivity contribution in [2.45, 2.75) is 25.2 Å². The minimum absolute atomic E-state index is 0.0215. The van der Waals surface area contributed by atoms with Crippen LogP contribution in [0.15, 0.2) is 33.8 Å². The predicted octanol–water partition coefficient (Wildman–Crippen LogP) is 2.74. The number of hydrazone groups is 1. The number of carbonyl (C=O) groups excluding carboxylic acids is 1. The average Bonchev–Trinajstić information content (AvgIpc) is 2.34. The number of halogens is 1. The Bertz CT molecular complexity index is 522. The lowest BCUT2D eigenvalue weighted by Crippen LogP contribution is -2.51. The van der Waals surface area contributed by atoms with Crippen molar-refractivity contribution in [2.24, 2.45) is 11.0 Å². The molecular weight excluding hydrogens is 318 g/mol. The van der Waals surface area contributed by atoms with Gasteiger partial charge in [0, 0.05) is 18.6 Å². The van der Waals surface area contributed by atoms with Gasteiger partial charge in [0.15, 0.2) is 0 Å². The smallest absolute Gasteiger partial charge is 0.250 e. The van der Waals surface area contributed by atoms with Crippen molar-refractivity contribution in [1.82, 2.24) is 10.3 Å². The first-order valence-corrected chi connectivity index (χ1v) is 7.49. The van der Waals surface area contributed by atoms with Crippen LogP contribution < -0.4 is 5.43 Å². The lowest BCUT2D eigenvalue weighted by Gasteiger charge is -2.45. The highest BCUT2D eigenvalue weighted by molar-refractivity contribution is 9.10. The number of nitrogens with zero attached hydrogens (tertiary/aromatic N) is 2. The van der Waals surface area contributed by atoms with Gasteiger partial charge in [0.25, 0.3) is 5.91 Å². The van der Waals surface area contributed by atoms with E-state index in [2.05, 4.69) is 33.4 Å². The van der Waals surface area contributed by atoms with Gasteiger partial charge in [-0.25, -0.2) is 5.43 Å². The second-order valence-corrected chi connectivity index (χ2v) is 6.67. The lowest BCUT2D eigenvalue weighted by atomic mass is 9.58. The first-order chi connectivity index (χ1) is 9.44. The molecule has 1 aliphatic carbocycles. The number of rotatable bonds is 4. The van der Waals surface area contributed by atoms with Crippen LogP contribution in [0.1, 0.15) is 25.3 Å². The molecule has 1 aromatic rings. The van der Waals surface area contributed by atoms with E-state index in [0.717, 1.165) is 22.9 Å². The molecule has 0 saturated heterocycles. The van der Waals surface area contributed by atoms with Crippen LogP contribution >= 0.6 is 15.9 Å². The van der Waals surface area contributed by atoms with E-state index < -0.39 is 5.41 Å². The van der Waals surface area contributed by atoms with Crippen molar-refractivity contribution in [3.05, 3.63) is 34.3 Å². The van der Waals surface area contributed by atoms with Crippen LogP contribution in [-0.2, 0) is 10.2 Å². The molecule has 1 aliphatic rings. The Kier molecular flexibility index (Phi) is 4.48. The van der Waals surface area contributed by atoms with Crippen molar-refractivity contribution in [2.75, 3.05) is 14.1 Å². The monoisotopic (exact) mass is 337 g/mol. The van der Waals surface area contributed by atoms with E-state index in [9.17, 15) is 4.79 Å². The summed E-state index contributed by atoms with van der Waals surface area (Å²) in [6.07, 6.45) is 3.33.